The molecule has 12 unspecified atom stereocenters. The number of esters is 1. The van der Waals surface area contributed by atoms with Gasteiger partial charge in [-0.2, -0.15) is 0 Å². The van der Waals surface area contributed by atoms with Crippen molar-refractivity contribution >= 4 is 29.7 Å². The number of aliphatic imine (C=N–C) groups is 1. The summed E-state index contributed by atoms with van der Waals surface area (Å²) < 4.78 is 17.7. The van der Waals surface area contributed by atoms with Crippen molar-refractivity contribution < 1.29 is 64.0 Å². The second-order valence-corrected chi connectivity index (χ2v) is 15.8. The molecule has 3 amide bonds. The maximum absolute atomic E-state index is 14.8. The molecule has 58 heavy (non-hydrogen) atoms. The Morgan fingerprint density at radius 1 is 1.00 bits per heavy atom. The third-order valence-electron chi connectivity index (χ3n) is 10.8. The van der Waals surface area contributed by atoms with Crippen molar-refractivity contribution in [3.05, 3.63) is 29.8 Å². The van der Waals surface area contributed by atoms with Crippen LogP contribution in [-0.4, -0.2) is 152 Å². The fourth-order valence-electron chi connectivity index (χ4n) is 7.88. The number of rotatable bonds is 19. The highest BCUT2D eigenvalue weighted by Gasteiger charge is 2.55. The number of nitrogens with zero attached hydrogens (tertiary/aromatic N) is 2. The van der Waals surface area contributed by atoms with Crippen LogP contribution < -0.4 is 22.1 Å². The molecule has 3 aliphatic rings. The lowest BCUT2D eigenvalue weighted by Gasteiger charge is -2.45. The van der Waals surface area contributed by atoms with E-state index in [1.54, 1.807) is 12.1 Å². The van der Waals surface area contributed by atoms with Crippen LogP contribution in [0.15, 0.2) is 29.3 Å². The number of nitrogens with two attached hydrogens (primary N) is 2. The Bertz CT molecular complexity index is 1540. The number of nitrogens with one attached hydrogen (secondary N) is 2. The number of benzene rings is 1. The molecular formula is C39H62N6O13. The minimum absolute atomic E-state index is 0.0210. The molecule has 3 fully saturated rings. The van der Waals surface area contributed by atoms with E-state index in [0.717, 1.165) is 0 Å². The van der Waals surface area contributed by atoms with Crippen molar-refractivity contribution in [1.29, 1.82) is 0 Å². The van der Waals surface area contributed by atoms with E-state index in [2.05, 4.69) is 15.6 Å². The van der Waals surface area contributed by atoms with Crippen LogP contribution in [0.25, 0.3) is 0 Å². The molecule has 0 spiro atoms. The van der Waals surface area contributed by atoms with Crippen molar-refractivity contribution in [2.45, 2.75) is 146 Å². The van der Waals surface area contributed by atoms with Gasteiger partial charge in [0.25, 0.3) is 0 Å². The van der Waals surface area contributed by atoms with Gasteiger partial charge < -0.3 is 71.9 Å². The number of hydrogen-bond donors (Lipinski definition) is 10. The highest BCUT2D eigenvalue weighted by Crippen LogP contribution is 2.43. The van der Waals surface area contributed by atoms with Gasteiger partial charge in [0, 0.05) is 32.0 Å². The first-order valence-corrected chi connectivity index (χ1v) is 20.1. The summed E-state index contributed by atoms with van der Waals surface area (Å²) in [5.41, 5.74) is 11.4. The Hall–Kier alpha value is -4.11. The molecule has 4 rings (SSSR count). The molecule has 12 N–H and O–H groups in total. The van der Waals surface area contributed by atoms with Gasteiger partial charge in [-0.15, -0.1) is 0 Å². The number of amides is 3. The first-order valence-electron chi connectivity index (χ1n) is 20.1. The van der Waals surface area contributed by atoms with Gasteiger partial charge in [0.1, 0.15) is 54.5 Å². The van der Waals surface area contributed by atoms with Crippen molar-refractivity contribution in [3.63, 3.8) is 0 Å². The third-order valence-corrected chi connectivity index (χ3v) is 10.8. The number of ether oxygens (including phenoxy) is 3. The maximum atomic E-state index is 14.8. The molecule has 19 heteroatoms. The number of carbonyl (C=O) groups is 4. The quantitative estimate of drug-likeness (QED) is 0.0321. The zero-order valence-corrected chi connectivity index (χ0v) is 33.4. The number of fused-ring (bicyclic) bond motifs is 1. The largest absolute Gasteiger partial charge is 0.508 e. The number of unbranched alkanes of at least 4 members (excludes halogenated alkanes) is 1. The Morgan fingerprint density at radius 3 is 2.34 bits per heavy atom. The van der Waals surface area contributed by atoms with Crippen LogP contribution >= 0.6 is 0 Å². The van der Waals surface area contributed by atoms with E-state index in [4.69, 9.17) is 25.7 Å². The number of hydrogen-bond acceptors (Lipinski definition) is 14. The normalized spacial score (nSPS) is 29.2. The number of phenols is 1. The molecule has 1 aliphatic carbocycles. The highest BCUT2D eigenvalue weighted by atomic mass is 16.7. The van der Waals surface area contributed by atoms with Gasteiger partial charge in [0.15, 0.2) is 12.2 Å². The number of aliphatic hydroxyl groups is 5. The second kappa shape index (κ2) is 21.8. The lowest BCUT2D eigenvalue weighted by molar-refractivity contribution is -0.320. The molecule has 19 nitrogen and oxygen atoms in total. The summed E-state index contributed by atoms with van der Waals surface area (Å²) in [6.45, 7) is 5.44. The SMILES string of the molecule is CCCC(=O)OC1CC2CC(C(=O)NCCCCN=C(N)N)N(C(=O)C(CC(C)C)NC(=O)C(O)Cc3ccc(O)cc3)C2CC1OC1OC(CO)C(O)C(O)C1O. The summed E-state index contributed by atoms with van der Waals surface area (Å²) in [4.78, 5) is 60.6. The van der Waals surface area contributed by atoms with Gasteiger partial charge in [0.05, 0.1) is 12.7 Å². The van der Waals surface area contributed by atoms with Crippen LogP contribution in [0.5, 0.6) is 5.75 Å². The Kier molecular flexibility index (Phi) is 17.5. The molecule has 0 aromatic heterocycles. The van der Waals surface area contributed by atoms with Gasteiger partial charge in [-0.05, 0) is 74.5 Å². The minimum atomic E-state index is -1.76. The van der Waals surface area contributed by atoms with Gasteiger partial charge in [0.2, 0.25) is 17.7 Å². The molecule has 2 heterocycles. The number of likely N-dealkylation sites (tertiary alicyclic amines) is 1. The average molecular weight is 823 g/mol. The van der Waals surface area contributed by atoms with Crippen molar-refractivity contribution in [3.8, 4) is 5.75 Å². The zero-order valence-electron chi connectivity index (χ0n) is 33.4. The maximum Gasteiger partial charge on any atom is 0.306 e. The van der Waals surface area contributed by atoms with Crippen LogP contribution in [-0.2, 0) is 39.8 Å². The van der Waals surface area contributed by atoms with Crippen molar-refractivity contribution in [2.24, 2.45) is 28.3 Å². The summed E-state index contributed by atoms with van der Waals surface area (Å²) in [6.07, 6.45) is -9.44. The van der Waals surface area contributed by atoms with Crippen LogP contribution in [0.2, 0.25) is 0 Å². The summed E-state index contributed by atoms with van der Waals surface area (Å²) in [5, 5.41) is 67.6. The average Bonchev–Trinajstić information content (AvgIpc) is 3.54. The highest BCUT2D eigenvalue weighted by molar-refractivity contribution is 5.93. The number of guanidine groups is 1. The van der Waals surface area contributed by atoms with Gasteiger partial charge in [-0.25, -0.2) is 0 Å². The molecule has 326 valence electrons. The molecule has 0 radical (unpaired) electrons. The van der Waals surface area contributed by atoms with Crippen molar-refractivity contribution in [2.75, 3.05) is 19.7 Å². The molecule has 0 bridgehead atoms. The fraction of sp³-hybridized carbons (Fsp3) is 0.718. The van der Waals surface area contributed by atoms with Crippen LogP contribution in [0.3, 0.4) is 0 Å². The zero-order chi connectivity index (χ0) is 42.7. The second-order valence-electron chi connectivity index (χ2n) is 15.8. The lowest BCUT2D eigenvalue weighted by atomic mass is 9.80. The molecule has 1 aromatic rings. The molecule has 2 aliphatic heterocycles. The first kappa shape index (κ1) is 46.6. The molecular weight excluding hydrogens is 760 g/mol. The van der Waals surface area contributed by atoms with Gasteiger partial charge in [-0.1, -0.05) is 32.9 Å². The predicted octanol–water partition coefficient (Wildman–Crippen LogP) is -1.73. The molecule has 1 saturated carbocycles. The van der Waals surface area contributed by atoms with E-state index in [-0.39, 0.29) is 62.7 Å². The molecule has 1 aromatic carbocycles. The van der Waals surface area contributed by atoms with E-state index >= 15 is 0 Å². The van der Waals surface area contributed by atoms with E-state index in [1.807, 2.05) is 20.8 Å². The summed E-state index contributed by atoms with van der Waals surface area (Å²) >= 11 is 0. The Labute approximate surface area is 338 Å². The fourth-order valence-corrected chi connectivity index (χ4v) is 7.88. The predicted molar refractivity (Wildman–Crippen MR) is 207 cm³/mol. The first-order chi connectivity index (χ1) is 27.5. The van der Waals surface area contributed by atoms with E-state index < -0.39 is 103 Å². The number of carbonyl (C=O) groups excluding carboxylic acids is 4. The number of phenolic OH excluding ortho intramolecular Hbond substituents is 1. The third kappa shape index (κ3) is 12.5. The van der Waals surface area contributed by atoms with Crippen LogP contribution in [0.4, 0.5) is 0 Å². The van der Waals surface area contributed by atoms with E-state index in [0.29, 0.717) is 31.4 Å². The monoisotopic (exact) mass is 822 g/mol. The Balaban J connectivity index is 1.64. The lowest BCUT2D eigenvalue weighted by Crippen LogP contribution is -2.61. The van der Waals surface area contributed by atoms with Crippen molar-refractivity contribution in [1.82, 2.24) is 15.5 Å². The van der Waals surface area contributed by atoms with E-state index in [1.165, 1.54) is 17.0 Å². The Morgan fingerprint density at radius 2 is 1.71 bits per heavy atom. The van der Waals surface area contributed by atoms with Crippen LogP contribution in [0, 0.1) is 11.8 Å². The number of aromatic hydroxyl groups is 1. The topological polar surface area (TPSA) is 309 Å². The molecule has 12 atom stereocenters. The number of aliphatic hydroxyl groups excluding tert-OH is 5. The summed E-state index contributed by atoms with van der Waals surface area (Å²) in [5.74, 6) is -2.88. The van der Waals surface area contributed by atoms with Gasteiger partial charge >= 0.3 is 5.97 Å². The van der Waals surface area contributed by atoms with Crippen LogP contribution in [0.1, 0.15) is 77.7 Å². The minimum Gasteiger partial charge on any atom is -0.508 e. The van der Waals surface area contributed by atoms with Gasteiger partial charge in [-0.3, -0.25) is 24.2 Å². The van der Waals surface area contributed by atoms with E-state index in [9.17, 15) is 49.8 Å². The standard InChI is InChI=1S/C39H62N6O13/c1-4-7-31(49)56-28-17-22-16-26(35(53)42-12-5-6-13-43-39(40)41)45(25(22)18-29(28)57-38-34(52)33(51)32(50)30(19-46)58-38)37(55)24(14-20(2)3)44-36(54)27(48)15-21-8-10-23(47)11-9-21/h8-11,20,22,24-30,32-34,38,46-48,50-52H,4-7,12-19H2,1-3H3,(H,42,53)(H,44,54)(H4,40,41,43). The smallest absolute Gasteiger partial charge is 0.306 e. The molecule has 2 saturated heterocycles. The summed E-state index contributed by atoms with van der Waals surface area (Å²) in [7, 11) is 0. The summed E-state index contributed by atoms with van der Waals surface area (Å²) in [6, 6.07) is 3.09.